The standard InChI is InChI=1S/C26H24N4O3/c27-25(28)19-11-13-21(14-12-19)30-16-22(29-20-4-2-1-3-5-20)24(26(30)33)18-9-6-17(7-10-18)8-15-23(31)32/h1-7,9-14,29H,8,15-16H2,(H3,27,28)(H,31,32). The summed E-state index contributed by atoms with van der Waals surface area (Å²) >= 11 is 0. The van der Waals surface area contributed by atoms with Crippen molar-refractivity contribution in [1.82, 2.24) is 0 Å². The molecule has 1 heterocycles. The number of anilines is 2. The fourth-order valence-electron chi connectivity index (χ4n) is 3.79. The van der Waals surface area contributed by atoms with Crippen LogP contribution >= 0.6 is 0 Å². The van der Waals surface area contributed by atoms with Crippen LogP contribution in [0.4, 0.5) is 11.4 Å². The first-order chi connectivity index (χ1) is 15.9. The maximum atomic E-state index is 13.5. The number of para-hydroxylation sites is 1. The lowest BCUT2D eigenvalue weighted by Crippen LogP contribution is -2.27. The van der Waals surface area contributed by atoms with Gasteiger partial charge < -0.3 is 21.1 Å². The van der Waals surface area contributed by atoms with Crippen LogP contribution in [0.1, 0.15) is 23.1 Å². The molecular weight excluding hydrogens is 416 g/mol. The maximum absolute atomic E-state index is 13.5. The molecule has 0 fully saturated rings. The molecule has 1 aliphatic rings. The minimum absolute atomic E-state index is 0.0254. The van der Waals surface area contributed by atoms with E-state index in [0.29, 0.717) is 29.8 Å². The van der Waals surface area contributed by atoms with E-state index in [1.165, 1.54) is 0 Å². The van der Waals surface area contributed by atoms with E-state index >= 15 is 0 Å². The zero-order chi connectivity index (χ0) is 23.4. The number of aliphatic carboxylic acids is 1. The number of hydrogen-bond acceptors (Lipinski definition) is 4. The number of nitrogens with two attached hydrogens (primary N) is 1. The summed E-state index contributed by atoms with van der Waals surface area (Å²) in [5, 5.41) is 19.9. The number of nitrogen functional groups attached to an aromatic ring is 1. The van der Waals surface area contributed by atoms with Crippen LogP contribution in [0.5, 0.6) is 0 Å². The van der Waals surface area contributed by atoms with Gasteiger partial charge in [-0.2, -0.15) is 0 Å². The predicted octanol–water partition coefficient (Wildman–Crippen LogP) is 3.86. The molecule has 1 amide bonds. The van der Waals surface area contributed by atoms with Gasteiger partial charge in [-0.15, -0.1) is 0 Å². The Hall–Kier alpha value is -4.39. The first-order valence-corrected chi connectivity index (χ1v) is 10.5. The second-order valence-electron chi connectivity index (χ2n) is 7.79. The average Bonchev–Trinajstić information content (AvgIpc) is 3.14. The van der Waals surface area contributed by atoms with Gasteiger partial charge in [-0.05, 0) is 53.9 Å². The van der Waals surface area contributed by atoms with Gasteiger partial charge in [0, 0.05) is 29.1 Å². The molecule has 0 atom stereocenters. The van der Waals surface area contributed by atoms with Crippen molar-refractivity contribution >= 4 is 34.7 Å². The molecule has 0 aliphatic carbocycles. The summed E-state index contributed by atoms with van der Waals surface area (Å²) in [6.45, 7) is 0.364. The number of nitrogens with one attached hydrogen (secondary N) is 2. The zero-order valence-corrected chi connectivity index (χ0v) is 17.9. The van der Waals surface area contributed by atoms with E-state index < -0.39 is 5.97 Å². The summed E-state index contributed by atoms with van der Waals surface area (Å²) in [6.07, 6.45) is 0.498. The Morgan fingerprint density at radius 2 is 1.67 bits per heavy atom. The number of amidine groups is 1. The molecule has 0 spiro atoms. The van der Waals surface area contributed by atoms with Crippen molar-refractivity contribution in [2.75, 3.05) is 16.8 Å². The van der Waals surface area contributed by atoms with E-state index in [1.807, 2.05) is 54.6 Å². The highest BCUT2D eigenvalue weighted by Gasteiger charge is 2.32. The molecular formula is C26H24N4O3. The lowest BCUT2D eigenvalue weighted by Gasteiger charge is -2.17. The molecule has 3 aromatic carbocycles. The second kappa shape index (κ2) is 9.40. The Morgan fingerprint density at radius 1 is 1.00 bits per heavy atom. The Balaban J connectivity index is 1.66. The molecule has 5 N–H and O–H groups in total. The van der Waals surface area contributed by atoms with E-state index in [-0.39, 0.29) is 18.2 Å². The molecule has 166 valence electrons. The number of rotatable bonds is 8. The molecule has 0 aromatic heterocycles. The smallest absolute Gasteiger partial charge is 0.303 e. The normalized spacial score (nSPS) is 13.3. The van der Waals surface area contributed by atoms with Gasteiger partial charge in [0.15, 0.2) is 0 Å². The van der Waals surface area contributed by atoms with Gasteiger partial charge in [0.05, 0.1) is 12.1 Å². The van der Waals surface area contributed by atoms with Gasteiger partial charge in [0.25, 0.3) is 5.91 Å². The Bertz CT molecular complexity index is 1220. The van der Waals surface area contributed by atoms with Crippen LogP contribution in [0.3, 0.4) is 0 Å². The SMILES string of the molecule is N=C(N)c1ccc(N2CC(Nc3ccccc3)=C(c3ccc(CCC(=O)O)cc3)C2=O)cc1. The maximum Gasteiger partial charge on any atom is 0.303 e. The number of carbonyl (C=O) groups excluding carboxylic acids is 1. The van der Waals surface area contributed by atoms with Crippen LogP contribution in [-0.4, -0.2) is 29.4 Å². The molecule has 3 aromatic rings. The van der Waals surface area contributed by atoms with Gasteiger partial charge in [-0.3, -0.25) is 15.0 Å². The van der Waals surface area contributed by atoms with Gasteiger partial charge in [-0.1, -0.05) is 42.5 Å². The number of carboxylic acid groups (broad SMARTS) is 1. The quantitative estimate of drug-likeness (QED) is 0.313. The van der Waals surface area contributed by atoms with E-state index in [2.05, 4.69) is 5.32 Å². The minimum atomic E-state index is -0.839. The second-order valence-corrected chi connectivity index (χ2v) is 7.79. The summed E-state index contributed by atoms with van der Waals surface area (Å²) in [4.78, 5) is 26.0. The molecule has 0 saturated heterocycles. The molecule has 7 heteroatoms. The number of nitrogens with zero attached hydrogens (tertiary/aromatic N) is 1. The van der Waals surface area contributed by atoms with Crippen molar-refractivity contribution in [3.63, 3.8) is 0 Å². The highest BCUT2D eigenvalue weighted by molar-refractivity contribution is 6.30. The van der Waals surface area contributed by atoms with E-state index in [9.17, 15) is 9.59 Å². The molecule has 0 saturated carbocycles. The van der Waals surface area contributed by atoms with Gasteiger partial charge in [0.1, 0.15) is 5.84 Å². The first kappa shape index (κ1) is 21.8. The van der Waals surface area contributed by atoms with Crippen molar-refractivity contribution in [3.8, 4) is 0 Å². The first-order valence-electron chi connectivity index (χ1n) is 10.5. The van der Waals surface area contributed by atoms with Crippen LogP contribution in [0.25, 0.3) is 5.57 Å². The third-order valence-electron chi connectivity index (χ3n) is 5.51. The van der Waals surface area contributed by atoms with Crippen LogP contribution in [0.15, 0.2) is 84.6 Å². The summed E-state index contributed by atoms with van der Waals surface area (Å²) in [5.74, 6) is -1.00. The van der Waals surface area contributed by atoms with E-state index in [1.54, 1.807) is 29.2 Å². The highest BCUT2D eigenvalue weighted by Crippen LogP contribution is 2.33. The van der Waals surface area contributed by atoms with Crippen LogP contribution in [0.2, 0.25) is 0 Å². The van der Waals surface area contributed by atoms with Crippen molar-refractivity contribution < 1.29 is 14.7 Å². The van der Waals surface area contributed by atoms with Gasteiger partial charge in [-0.25, -0.2) is 0 Å². The molecule has 33 heavy (non-hydrogen) atoms. The monoisotopic (exact) mass is 440 g/mol. The average molecular weight is 441 g/mol. The molecule has 4 rings (SSSR count). The fraction of sp³-hybridized carbons (Fsp3) is 0.115. The largest absolute Gasteiger partial charge is 0.481 e. The lowest BCUT2D eigenvalue weighted by atomic mass is 10.0. The molecule has 0 radical (unpaired) electrons. The number of carbonyl (C=O) groups is 2. The van der Waals surface area contributed by atoms with Crippen molar-refractivity contribution in [2.24, 2.45) is 5.73 Å². The van der Waals surface area contributed by atoms with Crippen molar-refractivity contribution in [3.05, 3.63) is 101 Å². The predicted molar refractivity (Wildman–Crippen MR) is 129 cm³/mol. The van der Waals surface area contributed by atoms with Crippen molar-refractivity contribution in [2.45, 2.75) is 12.8 Å². The van der Waals surface area contributed by atoms with Gasteiger partial charge in [0.2, 0.25) is 0 Å². The van der Waals surface area contributed by atoms with Crippen molar-refractivity contribution in [1.29, 1.82) is 5.41 Å². The summed E-state index contributed by atoms with van der Waals surface area (Å²) in [6, 6.07) is 24.1. The highest BCUT2D eigenvalue weighted by atomic mass is 16.4. The zero-order valence-electron chi connectivity index (χ0n) is 17.9. The summed E-state index contributed by atoms with van der Waals surface area (Å²) in [5.41, 5.74) is 10.8. The van der Waals surface area contributed by atoms with Crippen LogP contribution in [-0.2, 0) is 16.0 Å². The number of amides is 1. The number of aryl methyl sites for hydroxylation is 1. The minimum Gasteiger partial charge on any atom is -0.481 e. The topological polar surface area (TPSA) is 120 Å². The molecule has 0 bridgehead atoms. The summed E-state index contributed by atoms with van der Waals surface area (Å²) in [7, 11) is 0. The van der Waals surface area contributed by atoms with E-state index in [4.69, 9.17) is 16.2 Å². The third-order valence-corrected chi connectivity index (χ3v) is 5.51. The number of benzene rings is 3. The Morgan fingerprint density at radius 3 is 2.27 bits per heavy atom. The van der Waals surface area contributed by atoms with Crippen LogP contribution < -0.4 is 16.0 Å². The molecule has 7 nitrogen and oxygen atoms in total. The lowest BCUT2D eigenvalue weighted by molar-refractivity contribution is -0.137. The van der Waals surface area contributed by atoms with E-state index in [0.717, 1.165) is 22.5 Å². The number of hydrogen-bond donors (Lipinski definition) is 4. The summed E-state index contributed by atoms with van der Waals surface area (Å²) < 4.78 is 0. The molecule has 1 aliphatic heterocycles. The fourth-order valence-corrected chi connectivity index (χ4v) is 3.79. The van der Waals surface area contributed by atoms with Gasteiger partial charge >= 0.3 is 5.97 Å². The third kappa shape index (κ3) is 4.93. The number of carboxylic acids is 1. The Labute approximate surface area is 191 Å². The Kier molecular flexibility index (Phi) is 6.22. The van der Waals surface area contributed by atoms with Crippen LogP contribution in [0, 0.1) is 5.41 Å². The molecule has 0 unspecified atom stereocenters.